The van der Waals surface area contributed by atoms with Gasteiger partial charge in [-0.1, -0.05) is 18.2 Å². The van der Waals surface area contributed by atoms with Gasteiger partial charge in [0.15, 0.2) is 5.82 Å². The highest BCUT2D eigenvalue weighted by molar-refractivity contribution is 6.00. The fraction of sp³-hybridized carbons (Fsp3) is 0.348. The number of fused-ring (bicyclic) bond motifs is 3. The third-order valence-electron chi connectivity index (χ3n) is 5.67. The number of nitrogens with zero attached hydrogens (tertiary/aromatic N) is 3. The van der Waals surface area contributed by atoms with Crippen LogP contribution < -0.4 is 5.32 Å². The van der Waals surface area contributed by atoms with Crippen LogP contribution in [0.25, 0.3) is 11.0 Å². The Balaban J connectivity index is 1.55. The first kappa shape index (κ1) is 19.2. The van der Waals surface area contributed by atoms with Crippen molar-refractivity contribution in [3.8, 4) is 0 Å². The fourth-order valence-electron chi connectivity index (χ4n) is 3.79. The third-order valence-corrected chi connectivity index (χ3v) is 5.67. The number of amides is 2. The van der Waals surface area contributed by atoms with E-state index in [9.17, 15) is 9.59 Å². The Labute approximate surface area is 170 Å². The molecule has 0 saturated carbocycles. The first-order valence-electron chi connectivity index (χ1n) is 10.0. The molecule has 6 heteroatoms. The summed E-state index contributed by atoms with van der Waals surface area (Å²) >= 11 is 0. The van der Waals surface area contributed by atoms with Crippen LogP contribution in [0.1, 0.15) is 51.5 Å². The van der Waals surface area contributed by atoms with Crippen molar-refractivity contribution in [2.45, 2.75) is 46.8 Å². The zero-order valence-corrected chi connectivity index (χ0v) is 17.3. The molecule has 0 spiro atoms. The summed E-state index contributed by atoms with van der Waals surface area (Å²) in [4.78, 5) is 31.7. The van der Waals surface area contributed by atoms with E-state index in [0.29, 0.717) is 36.5 Å². The van der Waals surface area contributed by atoms with Crippen molar-refractivity contribution in [2.24, 2.45) is 0 Å². The molecule has 0 atom stereocenters. The molecule has 1 aliphatic heterocycles. The molecule has 0 aliphatic carbocycles. The second-order valence-electron chi connectivity index (χ2n) is 7.98. The molecular weight excluding hydrogens is 364 g/mol. The van der Waals surface area contributed by atoms with E-state index in [1.165, 1.54) is 11.1 Å². The molecule has 3 aromatic rings. The largest absolute Gasteiger partial charge is 0.348 e. The number of carbonyl (C=O) groups excluding carboxylic acids is 2. The minimum absolute atomic E-state index is 0.0526. The third kappa shape index (κ3) is 3.50. The first-order valence-corrected chi connectivity index (χ1v) is 10.0. The summed E-state index contributed by atoms with van der Waals surface area (Å²) < 4.78 is 1.95. The Morgan fingerprint density at radius 1 is 1.10 bits per heavy atom. The van der Waals surface area contributed by atoms with Crippen LogP contribution in [0.3, 0.4) is 0 Å². The minimum Gasteiger partial charge on any atom is -0.348 e. The van der Waals surface area contributed by atoms with Crippen molar-refractivity contribution in [3.63, 3.8) is 0 Å². The Hall–Kier alpha value is -3.15. The first-order chi connectivity index (χ1) is 13.8. The van der Waals surface area contributed by atoms with Crippen molar-refractivity contribution >= 4 is 22.8 Å². The van der Waals surface area contributed by atoms with E-state index in [4.69, 9.17) is 0 Å². The lowest BCUT2D eigenvalue weighted by molar-refractivity contribution is 0.0643. The molecule has 29 heavy (non-hydrogen) atoms. The summed E-state index contributed by atoms with van der Waals surface area (Å²) in [6.07, 6.45) is 0. The van der Waals surface area contributed by atoms with Crippen LogP contribution in [0.15, 0.2) is 36.4 Å². The van der Waals surface area contributed by atoms with Gasteiger partial charge >= 0.3 is 0 Å². The standard InChI is InChI=1S/C23H26N4O2/c1-14(2)26-9-10-27-20-8-7-18(12-19(20)25-21(27)23(26)29)22(28)24-13-17-6-5-15(3)16(4)11-17/h5-8,11-12,14H,9-10,13H2,1-4H3,(H,24,28). The molecule has 1 N–H and O–H groups in total. The summed E-state index contributed by atoms with van der Waals surface area (Å²) in [5, 5.41) is 2.97. The molecule has 1 aromatic heterocycles. The number of aromatic nitrogens is 2. The van der Waals surface area contributed by atoms with Crippen LogP contribution in [0.2, 0.25) is 0 Å². The van der Waals surface area contributed by atoms with E-state index in [-0.39, 0.29) is 17.9 Å². The molecule has 1 aliphatic rings. The van der Waals surface area contributed by atoms with E-state index in [1.54, 1.807) is 12.1 Å². The van der Waals surface area contributed by atoms with E-state index >= 15 is 0 Å². The van der Waals surface area contributed by atoms with Crippen molar-refractivity contribution in [1.82, 2.24) is 19.8 Å². The predicted octanol–water partition coefficient (Wildman–Crippen LogP) is 3.45. The van der Waals surface area contributed by atoms with Crippen LogP contribution in [-0.2, 0) is 13.1 Å². The number of benzene rings is 2. The van der Waals surface area contributed by atoms with Gasteiger partial charge < -0.3 is 14.8 Å². The Kier molecular flexibility index (Phi) is 4.86. The lowest BCUT2D eigenvalue weighted by Gasteiger charge is -2.30. The zero-order chi connectivity index (χ0) is 20.7. The van der Waals surface area contributed by atoms with Crippen molar-refractivity contribution in [2.75, 3.05) is 6.54 Å². The van der Waals surface area contributed by atoms with Gasteiger partial charge in [0.05, 0.1) is 11.0 Å². The molecule has 0 bridgehead atoms. The molecule has 0 saturated heterocycles. The van der Waals surface area contributed by atoms with Gasteiger partial charge in [0.1, 0.15) is 0 Å². The average molecular weight is 390 g/mol. The molecule has 150 valence electrons. The summed E-state index contributed by atoms with van der Waals surface area (Å²) in [5.74, 6) is 0.252. The molecule has 2 heterocycles. The maximum absolute atomic E-state index is 12.7. The second kappa shape index (κ2) is 7.35. The lowest BCUT2D eigenvalue weighted by Crippen LogP contribution is -2.44. The van der Waals surface area contributed by atoms with Crippen molar-refractivity contribution < 1.29 is 9.59 Å². The highest BCUT2D eigenvalue weighted by Crippen LogP contribution is 2.23. The lowest BCUT2D eigenvalue weighted by atomic mass is 10.1. The predicted molar refractivity (Wildman–Crippen MR) is 113 cm³/mol. The van der Waals surface area contributed by atoms with Gasteiger partial charge in [0.2, 0.25) is 0 Å². The number of nitrogens with one attached hydrogen (secondary N) is 1. The second-order valence-corrected chi connectivity index (χ2v) is 7.98. The zero-order valence-electron chi connectivity index (χ0n) is 17.3. The molecule has 2 aromatic carbocycles. The molecule has 2 amide bonds. The van der Waals surface area contributed by atoms with Crippen LogP contribution >= 0.6 is 0 Å². The fourth-order valence-corrected chi connectivity index (χ4v) is 3.79. The maximum Gasteiger partial charge on any atom is 0.290 e. The van der Waals surface area contributed by atoms with Gasteiger partial charge in [0, 0.05) is 31.2 Å². The molecule has 4 rings (SSSR count). The van der Waals surface area contributed by atoms with E-state index in [1.807, 2.05) is 35.4 Å². The number of hydrogen-bond acceptors (Lipinski definition) is 3. The van der Waals surface area contributed by atoms with Crippen molar-refractivity contribution in [1.29, 1.82) is 0 Å². The summed E-state index contributed by atoms with van der Waals surface area (Å²) in [5.41, 5.74) is 5.63. The summed E-state index contributed by atoms with van der Waals surface area (Å²) in [6.45, 7) is 10.0. The van der Waals surface area contributed by atoms with E-state index in [0.717, 1.165) is 11.1 Å². The average Bonchev–Trinajstić information content (AvgIpc) is 3.07. The number of rotatable bonds is 4. The van der Waals surface area contributed by atoms with Crippen LogP contribution in [0, 0.1) is 13.8 Å². The number of aryl methyl sites for hydroxylation is 2. The normalized spacial score (nSPS) is 13.8. The van der Waals surface area contributed by atoms with E-state index in [2.05, 4.69) is 36.3 Å². The molecule has 0 radical (unpaired) electrons. The Morgan fingerprint density at radius 2 is 1.90 bits per heavy atom. The van der Waals surface area contributed by atoms with Gasteiger partial charge in [-0.2, -0.15) is 0 Å². The van der Waals surface area contributed by atoms with Crippen LogP contribution in [0.4, 0.5) is 0 Å². The van der Waals surface area contributed by atoms with E-state index < -0.39 is 0 Å². The Bertz CT molecular complexity index is 1110. The SMILES string of the molecule is Cc1ccc(CNC(=O)c2ccc3c(c2)nc2n3CCN(C(C)C)C2=O)cc1C. The quantitative estimate of drug-likeness (QED) is 0.742. The maximum atomic E-state index is 12.7. The van der Waals surface area contributed by atoms with Crippen molar-refractivity contribution in [3.05, 3.63) is 64.5 Å². The molecule has 6 nitrogen and oxygen atoms in total. The van der Waals surface area contributed by atoms with Gasteiger partial charge in [-0.15, -0.1) is 0 Å². The number of carbonyl (C=O) groups is 2. The topological polar surface area (TPSA) is 67.2 Å². The molecule has 0 unspecified atom stereocenters. The van der Waals surface area contributed by atoms with Gasteiger partial charge in [-0.05, 0) is 62.6 Å². The van der Waals surface area contributed by atoms with Crippen LogP contribution in [-0.4, -0.2) is 38.9 Å². The van der Waals surface area contributed by atoms with Gasteiger partial charge in [0.25, 0.3) is 11.8 Å². The minimum atomic E-state index is -0.147. The van der Waals surface area contributed by atoms with Gasteiger partial charge in [-0.25, -0.2) is 4.98 Å². The number of imidazole rings is 1. The summed E-state index contributed by atoms with van der Waals surface area (Å²) in [7, 11) is 0. The highest BCUT2D eigenvalue weighted by atomic mass is 16.2. The summed E-state index contributed by atoms with van der Waals surface area (Å²) in [6, 6.07) is 11.8. The smallest absolute Gasteiger partial charge is 0.290 e. The Morgan fingerprint density at radius 3 is 2.62 bits per heavy atom. The van der Waals surface area contributed by atoms with Crippen LogP contribution in [0.5, 0.6) is 0 Å². The van der Waals surface area contributed by atoms with Gasteiger partial charge in [-0.3, -0.25) is 9.59 Å². The molecule has 0 fully saturated rings. The monoisotopic (exact) mass is 390 g/mol. The highest BCUT2D eigenvalue weighted by Gasteiger charge is 2.29. The molecular formula is C23H26N4O2. The number of hydrogen-bond donors (Lipinski definition) is 1.